The maximum absolute atomic E-state index is 12.3. The van der Waals surface area contributed by atoms with Gasteiger partial charge in [-0.2, -0.15) is 5.10 Å². The Kier molecular flexibility index (Phi) is 3.79. The second-order valence-corrected chi connectivity index (χ2v) is 5.45. The van der Waals surface area contributed by atoms with Gasteiger partial charge in [0.05, 0.1) is 16.9 Å². The summed E-state index contributed by atoms with van der Waals surface area (Å²) in [7, 11) is 1.90. The Morgan fingerprint density at radius 2 is 1.95 bits per heavy atom. The zero-order valence-electron chi connectivity index (χ0n) is 11.7. The average Bonchev–Trinajstić information content (AvgIpc) is 2.94. The predicted molar refractivity (Wildman–Crippen MR) is 80.6 cm³/mol. The molecule has 3 heterocycles. The van der Waals surface area contributed by atoms with E-state index in [9.17, 15) is 4.79 Å². The Morgan fingerprint density at radius 1 is 1.19 bits per heavy atom. The topological polar surface area (TPSA) is 54.3 Å². The summed E-state index contributed by atoms with van der Waals surface area (Å²) in [6, 6.07) is 3.35. The van der Waals surface area contributed by atoms with Crippen LogP contribution in [0.5, 0.6) is 0 Å². The van der Waals surface area contributed by atoms with Crippen LogP contribution in [0, 0.1) is 0 Å². The molecule has 6 nitrogen and oxygen atoms in total. The van der Waals surface area contributed by atoms with Crippen LogP contribution in [-0.2, 0) is 7.05 Å². The van der Waals surface area contributed by atoms with Crippen molar-refractivity contribution >= 4 is 23.2 Å². The van der Waals surface area contributed by atoms with Crippen molar-refractivity contribution in [3.8, 4) is 0 Å². The minimum atomic E-state index is -0.0440. The summed E-state index contributed by atoms with van der Waals surface area (Å²) in [5, 5.41) is 4.71. The lowest BCUT2D eigenvalue weighted by Gasteiger charge is -2.35. The van der Waals surface area contributed by atoms with Crippen LogP contribution in [0.15, 0.2) is 30.7 Å². The smallest absolute Gasteiger partial charge is 0.272 e. The molecule has 0 aromatic carbocycles. The molecule has 0 N–H and O–H groups in total. The van der Waals surface area contributed by atoms with Crippen LogP contribution in [0.1, 0.15) is 10.5 Å². The fourth-order valence-corrected chi connectivity index (χ4v) is 2.52. The van der Waals surface area contributed by atoms with E-state index in [0.29, 0.717) is 23.8 Å². The van der Waals surface area contributed by atoms with Crippen molar-refractivity contribution in [3.05, 3.63) is 41.4 Å². The van der Waals surface area contributed by atoms with Gasteiger partial charge in [-0.15, -0.1) is 0 Å². The Balaban J connectivity index is 1.63. The summed E-state index contributed by atoms with van der Waals surface area (Å²) in [6.45, 7) is 2.95. The number of hydrogen-bond donors (Lipinski definition) is 0. The molecule has 7 heteroatoms. The summed E-state index contributed by atoms with van der Waals surface area (Å²) in [5.41, 5.74) is 1.53. The average molecular weight is 306 g/mol. The van der Waals surface area contributed by atoms with Crippen LogP contribution in [0.3, 0.4) is 0 Å². The lowest BCUT2D eigenvalue weighted by atomic mass is 10.2. The number of amides is 1. The summed E-state index contributed by atoms with van der Waals surface area (Å²) < 4.78 is 1.78. The Bertz CT molecular complexity index is 631. The predicted octanol–water partition coefficient (Wildman–Crippen LogP) is 1.43. The zero-order chi connectivity index (χ0) is 14.8. The van der Waals surface area contributed by atoms with Gasteiger partial charge in [0.15, 0.2) is 0 Å². The molecule has 0 spiro atoms. The molecule has 0 atom stereocenters. The van der Waals surface area contributed by atoms with Crippen LogP contribution in [0.25, 0.3) is 0 Å². The molecule has 0 saturated carbocycles. The number of halogens is 1. The van der Waals surface area contributed by atoms with E-state index in [4.69, 9.17) is 11.6 Å². The van der Waals surface area contributed by atoms with Crippen molar-refractivity contribution in [2.24, 2.45) is 7.05 Å². The SMILES string of the molecule is Cn1cc(N2CCN(C(=O)c3ccc(Cl)cn3)CC2)cn1. The van der Waals surface area contributed by atoms with Crippen molar-refractivity contribution in [1.29, 1.82) is 0 Å². The summed E-state index contributed by atoms with van der Waals surface area (Å²) in [5.74, 6) is -0.0440. The molecule has 1 saturated heterocycles. The number of nitrogens with zero attached hydrogens (tertiary/aromatic N) is 5. The van der Waals surface area contributed by atoms with Gasteiger partial charge in [-0.05, 0) is 12.1 Å². The number of aromatic nitrogens is 3. The monoisotopic (exact) mass is 305 g/mol. The molecule has 1 fully saturated rings. The molecule has 1 amide bonds. The lowest BCUT2D eigenvalue weighted by Crippen LogP contribution is -2.48. The maximum atomic E-state index is 12.3. The van der Waals surface area contributed by atoms with Gasteiger partial charge in [-0.1, -0.05) is 11.6 Å². The second-order valence-electron chi connectivity index (χ2n) is 5.01. The Hall–Kier alpha value is -2.08. The summed E-state index contributed by atoms with van der Waals surface area (Å²) in [6.07, 6.45) is 5.33. The number of anilines is 1. The molecule has 1 aliphatic rings. The van der Waals surface area contributed by atoms with Gasteiger partial charge in [0.2, 0.25) is 0 Å². The molecule has 3 rings (SSSR count). The first kappa shape index (κ1) is 13.9. The molecule has 0 bridgehead atoms. The third kappa shape index (κ3) is 3.00. The van der Waals surface area contributed by atoms with Crippen molar-refractivity contribution in [1.82, 2.24) is 19.7 Å². The van der Waals surface area contributed by atoms with E-state index in [1.54, 1.807) is 16.8 Å². The Morgan fingerprint density at radius 3 is 2.52 bits per heavy atom. The first-order valence-corrected chi connectivity index (χ1v) is 7.16. The number of carbonyl (C=O) groups is 1. The maximum Gasteiger partial charge on any atom is 0.272 e. The Labute approximate surface area is 127 Å². The second kappa shape index (κ2) is 5.73. The van der Waals surface area contributed by atoms with E-state index in [2.05, 4.69) is 15.0 Å². The van der Waals surface area contributed by atoms with E-state index in [1.165, 1.54) is 6.20 Å². The number of aryl methyl sites for hydroxylation is 1. The number of piperazine rings is 1. The molecule has 1 aliphatic heterocycles. The van der Waals surface area contributed by atoms with E-state index < -0.39 is 0 Å². The fourth-order valence-electron chi connectivity index (χ4n) is 2.40. The van der Waals surface area contributed by atoms with E-state index in [0.717, 1.165) is 18.8 Å². The highest BCUT2D eigenvalue weighted by molar-refractivity contribution is 6.30. The van der Waals surface area contributed by atoms with E-state index >= 15 is 0 Å². The van der Waals surface area contributed by atoms with Gasteiger partial charge in [0.25, 0.3) is 5.91 Å². The highest BCUT2D eigenvalue weighted by Gasteiger charge is 2.23. The first-order valence-electron chi connectivity index (χ1n) is 6.78. The molecule has 21 heavy (non-hydrogen) atoms. The van der Waals surface area contributed by atoms with Gasteiger partial charge in [-0.3, -0.25) is 9.48 Å². The third-order valence-electron chi connectivity index (χ3n) is 3.57. The fraction of sp³-hybridized carbons (Fsp3) is 0.357. The molecule has 0 unspecified atom stereocenters. The van der Waals surface area contributed by atoms with Gasteiger partial charge in [0.1, 0.15) is 5.69 Å². The normalized spacial score (nSPS) is 15.3. The molecule has 2 aromatic rings. The van der Waals surface area contributed by atoms with E-state index in [-0.39, 0.29) is 5.91 Å². The molecule has 110 valence electrons. The van der Waals surface area contributed by atoms with Gasteiger partial charge in [-0.25, -0.2) is 4.98 Å². The molecular formula is C14H16ClN5O. The number of pyridine rings is 1. The standard InChI is InChI=1S/C14H16ClN5O/c1-18-10-12(9-17-18)19-4-6-20(7-5-19)14(21)13-3-2-11(15)8-16-13/h2-3,8-10H,4-7H2,1H3. The van der Waals surface area contributed by atoms with Crippen molar-refractivity contribution < 1.29 is 4.79 Å². The van der Waals surface area contributed by atoms with Crippen LogP contribution < -0.4 is 4.90 Å². The molecular weight excluding hydrogens is 290 g/mol. The lowest BCUT2D eigenvalue weighted by molar-refractivity contribution is 0.0741. The third-order valence-corrected chi connectivity index (χ3v) is 3.79. The summed E-state index contributed by atoms with van der Waals surface area (Å²) in [4.78, 5) is 20.5. The molecule has 2 aromatic heterocycles. The minimum absolute atomic E-state index is 0.0440. The van der Waals surface area contributed by atoms with Crippen molar-refractivity contribution in [3.63, 3.8) is 0 Å². The number of hydrogen-bond acceptors (Lipinski definition) is 4. The highest BCUT2D eigenvalue weighted by Crippen LogP contribution is 2.16. The minimum Gasteiger partial charge on any atom is -0.365 e. The van der Waals surface area contributed by atoms with Crippen LogP contribution in [0.2, 0.25) is 5.02 Å². The number of rotatable bonds is 2. The summed E-state index contributed by atoms with van der Waals surface area (Å²) >= 11 is 5.79. The van der Waals surface area contributed by atoms with Crippen LogP contribution in [0.4, 0.5) is 5.69 Å². The number of carbonyl (C=O) groups excluding carboxylic acids is 1. The largest absolute Gasteiger partial charge is 0.365 e. The molecule has 0 aliphatic carbocycles. The quantitative estimate of drug-likeness (QED) is 0.842. The van der Waals surface area contributed by atoms with E-state index in [1.807, 2.05) is 24.3 Å². The first-order chi connectivity index (χ1) is 10.1. The highest BCUT2D eigenvalue weighted by atomic mass is 35.5. The van der Waals surface area contributed by atoms with Crippen LogP contribution >= 0.6 is 11.6 Å². The molecule has 0 radical (unpaired) electrons. The van der Waals surface area contributed by atoms with Gasteiger partial charge >= 0.3 is 0 Å². The van der Waals surface area contributed by atoms with Gasteiger partial charge in [0, 0.05) is 45.6 Å². The van der Waals surface area contributed by atoms with Crippen LogP contribution in [-0.4, -0.2) is 51.8 Å². The zero-order valence-corrected chi connectivity index (χ0v) is 12.5. The van der Waals surface area contributed by atoms with Crippen molar-refractivity contribution in [2.45, 2.75) is 0 Å². The van der Waals surface area contributed by atoms with Crippen molar-refractivity contribution in [2.75, 3.05) is 31.1 Å². The van der Waals surface area contributed by atoms with Gasteiger partial charge < -0.3 is 9.80 Å².